The van der Waals surface area contributed by atoms with Crippen molar-refractivity contribution < 1.29 is 28.6 Å². The van der Waals surface area contributed by atoms with Crippen molar-refractivity contribution in [2.24, 2.45) is 0 Å². The van der Waals surface area contributed by atoms with Gasteiger partial charge in [-0.2, -0.15) is 0 Å². The lowest BCUT2D eigenvalue weighted by Gasteiger charge is -2.09. The Morgan fingerprint density at radius 1 is 0.647 bits per heavy atom. The largest absolute Gasteiger partial charge is 0.465 e. The van der Waals surface area contributed by atoms with Crippen molar-refractivity contribution in [2.45, 2.75) is 6.61 Å². The summed E-state index contributed by atoms with van der Waals surface area (Å²) in [6.07, 6.45) is 0. The molecule has 0 saturated carbocycles. The second-order valence-corrected chi connectivity index (χ2v) is 7.30. The van der Waals surface area contributed by atoms with Crippen LogP contribution in [0.1, 0.15) is 36.6 Å². The van der Waals surface area contributed by atoms with Gasteiger partial charge in [0.15, 0.2) is 0 Å². The Labute approximate surface area is 197 Å². The zero-order valence-electron chi connectivity index (χ0n) is 19.0. The van der Waals surface area contributed by atoms with Crippen molar-refractivity contribution in [3.05, 3.63) is 95.1 Å². The van der Waals surface area contributed by atoms with Crippen molar-refractivity contribution in [1.82, 2.24) is 10.9 Å². The van der Waals surface area contributed by atoms with Gasteiger partial charge in [-0.25, -0.2) is 4.79 Å². The summed E-state index contributed by atoms with van der Waals surface area (Å²) in [5.74, 6) is -1.45. The van der Waals surface area contributed by atoms with E-state index in [1.54, 1.807) is 19.2 Å². The van der Waals surface area contributed by atoms with Crippen LogP contribution in [0.2, 0.25) is 0 Å². The second-order valence-electron chi connectivity index (χ2n) is 7.30. The number of nitrogens with one attached hydrogen (secondary N) is 2. The summed E-state index contributed by atoms with van der Waals surface area (Å²) in [5.41, 5.74) is 8.79. The molecule has 0 aliphatic heterocycles. The molecule has 0 bridgehead atoms. The molecule has 176 valence electrons. The molecule has 0 aliphatic carbocycles. The van der Waals surface area contributed by atoms with Crippen LogP contribution in [-0.2, 0) is 20.8 Å². The monoisotopic (exact) mass is 462 g/mol. The van der Waals surface area contributed by atoms with E-state index in [9.17, 15) is 14.4 Å². The van der Waals surface area contributed by atoms with E-state index in [4.69, 9.17) is 9.47 Å². The number of amides is 2. The number of hydrogen-bond donors (Lipinski definition) is 2. The van der Waals surface area contributed by atoms with Crippen LogP contribution in [0.5, 0.6) is 0 Å². The van der Waals surface area contributed by atoms with E-state index in [1.165, 1.54) is 31.4 Å². The zero-order chi connectivity index (χ0) is 24.3. The van der Waals surface area contributed by atoms with Crippen LogP contribution in [0.3, 0.4) is 0 Å². The molecule has 0 saturated heterocycles. The number of carbonyl (C=O) groups excluding carboxylic acids is 3. The Balaban J connectivity index is 1.52. The van der Waals surface area contributed by atoms with Crippen LogP contribution in [0.25, 0.3) is 11.1 Å². The minimum absolute atomic E-state index is 0.288. The van der Waals surface area contributed by atoms with Crippen molar-refractivity contribution in [3.63, 3.8) is 0 Å². The summed E-state index contributed by atoms with van der Waals surface area (Å²) in [4.78, 5) is 36.1. The number of hydrazine groups is 1. The molecule has 0 spiro atoms. The summed E-state index contributed by atoms with van der Waals surface area (Å²) < 4.78 is 15.1. The topological polar surface area (TPSA) is 103 Å². The molecule has 0 unspecified atom stereocenters. The number of benzene rings is 3. The molecule has 0 aromatic heterocycles. The van der Waals surface area contributed by atoms with Gasteiger partial charge in [-0.05, 0) is 53.1 Å². The first kappa shape index (κ1) is 24.6. The van der Waals surface area contributed by atoms with Crippen LogP contribution in [-0.4, -0.2) is 45.2 Å². The van der Waals surface area contributed by atoms with Gasteiger partial charge in [0.05, 0.1) is 32.5 Å². The lowest BCUT2D eigenvalue weighted by molar-refractivity contribution is 0.0600. The van der Waals surface area contributed by atoms with Crippen LogP contribution < -0.4 is 10.9 Å². The lowest BCUT2D eigenvalue weighted by atomic mass is 10.0. The van der Waals surface area contributed by atoms with Crippen LogP contribution in [0, 0.1) is 0 Å². The zero-order valence-corrected chi connectivity index (χ0v) is 19.0. The quantitative estimate of drug-likeness (QED) is 0.287. The van der Waals surface area contributed by atoms with Gasteiger partial charge < -0.3 is 14.2 Å². The average molecular weight is 463 g/mol. The predicted octanol–water partition coefficient (Wildman–Crippen LogP) is 3.38. The first-order valence-corrected chi connectivity index (χ1v) is 10.6. The number of esters is 1. The summed E-state index contributed by atoms with van der Waals surface area (Å²) >= 11 is 0. The molecule has 8 nitrogen and oxygen atoms in total. The highest BCUT2D eigenvalue weighted by molar-refractivity contribution is 6.00. The third-order valence-corrected chi connectivity index (χ3v) is 4.99. The van der Waals surface area contributed by atoms with Gasteiger partial charge in [0.2, 0.25) is 0 Å². The van der Waals surface area contributed by atoms with E-state index in [1.807, 2.05) is 36.4 Å². The summed E-state index contributed by atoms with van der Waals surface area (Å²) in [6.45, 7) is 1.62. The molecule has 2 N–H and O–H groups in total. The van der Waals surface area contributed by atoms with Crippen molar-refractivity contribution in [1.29, 1.82) is 0 Å². The minimum atomic E-state index is -0.507. The van der Waals surface area contributed by atoms with Gasteiger partial charge in [-0.1, -0.05) is 36.4 Å². The van der Waals surface area contributed by atoms with E-state index in [-0.39, 0.29) is 5.56 Å². The molecule has 3 aromatic rings. The highest BCUT2D eigenvalue weighted by Crippen LogP contribution is 2.20. The Kier molecular flexibility index (Phi) is 8.90. The molecule has 0 aliphatic rings. The molecular weight excluding hydrogens is 436 g/mol. The smallest absolute Gasteiger partial charge is 0.337 e. The van der Waals surface area contributed by atoms with Crippen LogP contribution in [0.4, 0.5) is 0 Å². The average Bonchev–Trinajstić information content (AvgIpc) is 2.89. The van der Waals surface area contributed by atoms with E-state index < -0.39 is 17.8 Å². The lowest BCUT2D eigenvalue weighted by Crippen LogP contribution is -2.41. The number of rotatable bonds is 9. The van der Waals surface area contributed by atoms with Gasteiger partial charge in [0, 0.05) is 18.2 Å². The molecule has 3 aromatic carbocycles. The van der Waals surface area contributed by atoms with Gasteiger partial charge >= 0.3 is 5.97 Å². The Bertz CT molecular complexity index is 1110. The van der Waals surface area contributed by atoms with Gasteiger partial charge in [-0.15, -0.1) is 0 Å². The highest BCUT2D eigenvalue weighted by Gasteiger charge is 2.11. The first-order valence-electron chi connectivity index (χ1n) is 10.6. The molecule has 0 heterocycles. The SMILES string of the molecule is COCCOCc1ccc(-c2ccc(C(=O)NNC(=O)c3ccc(C(=O)OC)cc3)cc2)cc1. The molecule has 2 amide bonds. The van der Waals surface area contributed by atoms with Crippen molar-refractivity contribution >= 4 is 17.8 Å². The predicted molar refractivity (Wildman–Crippen MR) is 126 cm³/mol. The number of methoxy groups -OCH3 is 2. The maximum atomic E-state index is 12.4. The third kappa shape index (κ3) is 6.74. The molecule has 0 fully saturated rings. The standard InChI is InChI=1S/C26H26N2O6/c1-32-15-16-34-17-18-3-5-19(6-4-18)20-7-9-21(10-8-20)24(29)27-28-25(30)22-11-13-23(14-12-22)26(31)33-2/h3-14H,15-17H2,1-2H3,(H,27,29)(H,28,30). The van der Waals surface area contributed by atoms with Gasteiger partial charge in [-0.3, -0.25) is 20.4 Å². The molecule has 34 heavy (non-hydrogen) atoms. The normalized spacial score (nSPS) is 10.4. The Morgan fingerprint density at radius 2 is 1.12 bits per heavy atom. The second kappa shape index (κ2) is 12.3. The maximum Gasteiger partial charge on any atom is 0.337 e. The molecule has 0 radical (unpaired) electrons. The van der Waals surface area contributed by atoms with E-state index in [0.29, 0.717) is 30.9 Å². The number of ether oxygens (including phenoxy) is 3. The van der Waals surface area contributed by atoms with Crippen LogP contribution >= 0.6 is 0 Å². The molecule has 0 atom stereocenters. The van der Waals surface area contributed by atoms with Crippen molar-refractivity contribution in [2.75, 3.05) is 27.4 Å². The van der Waals surface area contributed by atoms with E-state index >= 15 is 0 Å². The fraction of sp³-hybridized carbons (Fsp3) is 0.192. The van der Waals surface area contributed by atoms with E-state index in [0.717, 1.165) is 16.7 Å². The summed E-state index contributed by atoms with van der Waals surface area (Å²) in [5, 5.41) is 0. The Hall–Kier alpha value is -4.01. The van der Waals surface area contributed by atoms with Crippen molar-refractivity contribution in [3.8, 4) is 11.1 Å². The highest BCUT2D eigenvalue weighted by atomic mass is 16.5. The molecule has 8 heteroatoms. The first-order chi connectivity index (χ1) is 16.5. The van der Waals surface area contributed by atoms with Gasteiger partial charge in [0.1, 0.15) is 0 Å². The molecular formula is C26H26N2O6. The fourth-order valence-electron chi connectivity index (χ4n) is 3.07. The summed E-state index contributed by atoms with van der Waals surface area (Å²) in [7, 11) is 2.92. The summed E-state index contributed by atoms with van der Waals surface area (Å²) in [6, 6.07) is 20.9. The minimum Gasteiger partial charge on any atom is -0.465 e. The Morgan fingerprint density at radius 3 is 1.62 bits per heavy atom. The number of hydrogen-bond acceptors (Lipinski definition) is 6. The third-order valence-electron chi connectivity index (χ3n) is 4.99. The van der Waals surface area contributed by atoms with Crippen LogP contribution in [0.15, 0.2) is 72.8 Å². The fourth-order valence-corrected chi connectivity index (χ4v) is 3.07. The van der Waals surface area contributed by atoms with E-state index in [2.05, 4.69) is 15.6 Å². The maximum absolute atomic E-state index is 12.4. The number of carbonyl (C=O) groups is 3. The van der Waals surface area contributed by atoms with Gasteiger partial charge in [0.25, 0.3) is 11.8 Å². The molecule has 3 rings (SSSR count).